The molecule has 1 atom stereocenters. The molecule has 0 fully saturated rings. The average molecular weight is 267 g/mol. The van der Waals surface area contributed by atoms with Gasteiger partial charge in [0.2, 0.25) is 0 Å². The molecule has 1 aromatic rings. The lowest BCUT2D eigenvalue weighted by Crippen LogP contribution is -2.39. The van der Waals surface area contributed by atoms with Gasteiger partial charge in [-0.3, -0.25) is 4.79 Å². The van der Waals surface area contributed by atoms with Crippen LogP contribution in [0.4, 0.5) is 0 Å². The van der Waals surface area contributed by atoms with Crippen LogP contribution in [0.1, 0.15) is 22.2 Å². The van der Waals surface area contributed by atoms with Gasteiger partial charge < -0.3 is 15.2 Å². The number of rotatable bonds is 3. The highest BCUT2D eigenvalue weighted by molar-refractivity contribution is 7.12. The first-order valence-corrected chi connectivity index (χ1v) is 6.04. The Morgan fingerprint density at radius 1 is 1.61 bits per heavy atom. The minimum atomic E-state index is -0.719. The van der Waals surface area contributed by atoms with Crippen LogP contribution in [0.25, 0.3) is 0 Å². The summed E-state index contributed by atoms with van der Waals surface area (Å²) in [6, 6.07) is 0.966. The molecule has 0 bridgehead atoms. The van der Waals surface area contributed by atoms with E-state index >= 15 is 0 Å². The molecular weight excluding hydrogens is 254 g/mol. The second-order valence-electron chi connectivity index (χ2n) is 3.34. The number of esters is 1. The molecule has 6 heteroatoms. The molecule has 1 unspecified atom stereocenters. The van der Waals surface area contributed by atoms with Crippen molar-refractivity contribution in [3.63, 3.8) is 0 Å². The standard InChI is InChI=1S/C12H13NO4S/c1-8(12(16)17-2)13-11(15)10-9(4-3-6-14)5-7-18-10/h5,7-8,14H,6H2,1-2H3,(H,13,15). The van der Waals surface area contributed by atoms with Crippen LogP contribution in [0.2, 0.25) is 0 Å². The van der Waals surface area contributed by atoms with Crippen molar-refractivity contribution in [3.05, 3.63) is 21.9 Å². The molecule has 1 heterocycles. The minimum absolute atomic E-state index is 0.268. The summed E-state index contributed by atoms with van der Waals surface area (Å²) in [4.78, 5) is 23.5. The van der Waals surface area contributed by atoms with Crippen molar-refractivity contribution >= 4 is 23.2 Å². The Hall–Kier alpha value is -1.84. The van der Waals surface area contributed by atoms with Gasteiger partial charge in [-0.15, -0.1) is 11.3 Å². The largest absolute Gasteiger partial charge is 0.467 e. The third-order valence-electron chi connectivity index (χ3n) is 2.08. The third-order valence-corrected chi connectivity index (χ3v) is 2.99. The highest BCUT2D eigenvalue weighted by Gasteiger charge is 2.19. The van der Waals surface area contributed by atoms with Gasteiger partial charge in [0.15, 0.2) is 0 Å². The molecule has 96 valence electrons. The van der Waals surface area contributed by atoms with Crippen LogP contribution < -0.4 is 5.32 Å². The van der Waals surface area contributed by atoms with E-state index in [0.29, 0.717) is 10.4 Å². The van der Waals surface area contributed by atoms with Gasteiger partial charge in [0, 0.05) is 5.56 Å². The van der Waals surface area contributed by atoms with E-state index < -0.39 is 12.0 Å². The Labute approximate surface area is 109 Å². The Kier molecular flexibility index (Phi) is 5.36. The van der Waals surface area contributed by atoms with Crippen LogP contribution >= 0.6 is 11.3 Å². The maximum atomic E-state index is 11.9. The maximum Gasteiger partial charge on any atom is 0.328 e. The monoisotopic (exact) mass is 267 g/mol. The van der Waals surface area contributed by atoms with E-state index in [1.165, 1.54) is 25.4 Å². The number of carbonyl (C=O) groups excluding carboxylic acids is 2. The van der Waals surface area contributed by atoms with Crippen LogP contribution in [0.3, 0.4) is 0 Å². The van der Waals surface area contributed by atoms with E-state index in [0.717, 1.165) is 0 Å². The highest BCUT2D eigenvalue weighted by atomic mass is 32.1. The van der Waals surface area contributed by atoms with Gasteiger partial charge in [-0.1, -0.05) is 11.8 Å². The zero-order valence-electron chi connectivity index (χ0n) is 10.0. The molecule has 1 amide bonds. The zero-order valence-corrected chi connectivity index (χ0v) is 10.8. The number of ether oxygens (including phenoxy) is 1. The molecule has 0 radical (unpaired) electrons. The molecule has 0 spiro atoms. The second-order valence-corrected chi connectivity index (χ2v) is 4.26. The van der Waals surface area contributed by atoms with Crippen LogP contribution in [-0.4, -0.2) is 36.7 Å². The smallest absolute Gasteiger partial charge is 0.328 e. The Bertz CT molecular complexity index is 498. The van der Waals surface area contributed by atoms with Crippen LogP contribution in [0.5, 0.6) is 0 Å². The molecule has 0 aromatic carbocycles. The van der Waals surface area contributed by atoms with Gasteiger partial charge in [0.1, 0.15) is 17.5 Å². The summed E-state index contributed by atoms with van der Waals surface area (Å²) in [5.41, 5.74) is 0.531. The number of hydrogen-bond donors (Lipinski definition) is 2. The van der Waals surface area contributed by atoms with E-state index in [1.54, 1.807) is 11.4 Å². The lowest BCUT2D eigenvalue weighted by atomic mass is 10.2. The fourth-order valence-corrected chi connectivity index (χ4v) is 1.97. The van der Waals surface area contributed by atoms with Gasteiger partial charge >= 0.3 is 5.97 Å². The molecule has 0 saturated carbocycles. The first-order valence-electron chi connectivity index (χ1n) is 5.16. The van der Waals surface area contributed by atoms with Crippen molar-refractivity contribution in [1.82, 2.24) is 5.32 Å². The maximum absolute atomic E-state index is 11.9. The molecule has 0 saturated heterocycles. The van der Waals surface area contributed by atoms with Crippen molar-refractivity contribution in [2.45, 2.75) is 13.0 Å². The quantitative estimate of drug-likeness (QED) is 0.613. The summed E-state index contributed by atoms with van der Waals surface area (Å²) in [5, 5.41) is 12.9. The number of methoxy groups -OCH3 is 1. The SMILES string of the molecule is COC(=O)C(C)NC(=O)c1sccc1C#CCO. The molecule has 1 rings (SSSR count). The summed E-state index contributed by atoms with van der Waals surface area (Å²) in [6.07, 6.45) is 0. The predicted molar refractivity (Wildman–Crippen MR) is 67.2 cm³/mol. The lowest BCUT2D eigenvalue weighted by molar-refractivity contribution is -0.142. The lowest BCUT2D eigenvalue weighted by Gasteiger charge is -2.10. The fourth-order valence-electron chi connectivity index (χ4n) is 1.22. The predicted octanol–water partition coefficient (Wildman–Crippen LogP) is 0.383. The highest BCUT2D eigenvalue weighted by Crippen LogP contribution is 2.15. The van der Waals surface area contributed by atoms with Crippen molar-refractivity contribution < 1.29 is 19.4 Å². The molecule has 1 aromatic heterocycles. The third kappa shape index (κ3) is 3.58. The molecule has 5 nitrogen and oxygen atoms in total. The average Bonchev–Trinajstić information content (AvgIpc) is 2.83. The number of aliphatic hydroxyl groups is 1. The van der Waals surface area contributed by atoms with Crippen LogP contribution in [0.15, 0.2) is 11.4 Å². The first-order chi connectivity index (χ1) is 8.60. The fraction of sp³-hybridized carbons (Fsp3) is 0.333. The summed E-state index contributed by atoms with van der Waals surface area (Å²) < 4.78 is 4.51. The van der Waals surface area contributed by atoms with Gasteiger partial charge in [-0.2, -0.15) is 0 Å². The molecule has 0 aliphatic rings. The number of nitrogens with one attached hydrogen (secondary N) is 1. The summed E-state index contributed by atoms with van der Waals surface area (Å²) in [7, 11) is 1.26. The van der Waals surface area contributed by atoms with Gasteiger partial charge in [-0.05, 0) is 18.4 Å². The Morgan fingerprint density at radius 3 is 2.94 bits per heavy atom. The van der Waals surface area contributed by atoms with Gasteiger partial charge in [-0.25, -0.2) is 4.79 Å². The minimum Gasteiger partial charge on any atom is -0.467 e. The van der Waals surface area contributed by atoms with E-state index in [-0.39, 0.29) is 12.5 Å². The number of thiophene rings is 1. The summed E-state index contributed by atoms with van der Waals surface area (Å²) in [6.45, 7) is 1.27. The Morgan fingerprint density at radius 2 is 2.33 bits per heavy atom. The summed E-state index contributed by atoms with van der Waals surface area (Å²) >= 11 is 1.22. The van der Waals surface area contributed by atoms with Crippen molar-refractivity contribution in [1.29, 1.82) is 0 Å². The van der Waals surface area contributed by atoms with E-state index in [1.807, 2.05) is 0 Å². The summed E-state index contributed by atoms with van der Waals surface area (Å²) in [5.74, 6) is 4.25. The van der Waals surface area contributed by atoms with Crippen LogP contribution in [-0.2, 0) is 9.53 Å². The van der Waals surface area contributed by atoms with Crippen molar-refractivity contribution in [2.24, 2.45) is 0 Å². The molecule has 18 heavy (non-hydrogen) atoms. The number of amides is 1. The molecule has 0 aliphatic carbocycles. The second kappa shape index (κ2) is 6.79. The molecule has 0 aliphatic heterocycles. The number of aliphatic hydroxyl groups excluding tert-OH is 1. The van der Waals surface area contributed by atoms with E-state index in [4.69, 9.17) is 5.11 Å². The van der Waals surface area contributed by atoms with Crippen molar-refractivity contribution in [2.75, 3.05) is 13.7 Å². The topological polar surface area (TPSA) is 75.6 Å². The van der Waals surface area contributed by atoms with Crippen LogP contribution in [0, 0.1) is 11.8 Å². The number of carbonyl (C=O) groups is 2. The van der Waals surface area contributed by atoms with Gasteiger partial charge in [0.05, 0.1) is 7.11 Å². The first kappa shape index (κ1) is 14.2. The Balaban J connectivity index is 2.79. The van der Waals surface area contributed by atoms with E-state index in [2.05, 4.69) is 21.9 Å². The van der Waals surface area contributed by atoms with Gasteiger partial charge in [0.25, 0.3) is 5.91 Å². The zero-order chi connectivity index (χ0) is 13.5. The van der Waals surface area contributed by atoms with E-state index in [9.17, 15) is 9.59 Å². The number of hydrogen-bond acceptors (Lipinski definition) is 5. The molecule has 2 N–H and O–H groups in total. The van der Waals surface area contributed by atoms with Crippen molar-refractivity contribution in [3.8, 4) is 11.8 Å². The normalized spacial score (nSPS) is 11.1. The molecular formula is C12H13NO4S.